The molecule has 7 nitrogen and oxygen atoms in total. The number of nitrogens with zero attached hydrogens (tertiary/aromatic N) is 1. The molecule has 3 amide bonds. The van der Waals surface area contributed by atoms with Crippen LogP contribution >= 0.6 is 0 Å². The molecule has 3 rings (SSSR count). The monoisotopic (exact) mass is 371 g/mol. The minimum absolute atomic E-state index is 0.00398. The van der Waals surface area contributed by atoms with Gasteiger partial charge in [0.25, 0.3) is 5.91 Å². The van der Waals surface area contributed by atoms with E-state index < -0.39 is 23.5 Å². The lowest BCUT2D eigenvalue weighted by Crippen LogP contribution is -2.39. The molecule has 0 aromatic heterocycles. The van der Waals surface area contributed by atoms with Crippen molar-refractivity contribution in [2.24, 2.45) is 11.5 Å². The van der Waals surface area contributed by atoms with Crippen LogP contribution in [0.5, 0.6) is 5.75 Å². The average Bonchev–Trinajstić information content (AvgIpc) is 2.63. The molecule has 1 heterocycles. The largest absolute Gasteiger partial charge is 0.481 e. The molecule has 1 aliphatic carbocycles. The molecule has 4 N–H and O–H groups in total. The number of terminal acetylenes is 1. The highest BCUT2D eigenvalue weighted by Gasteiger charge is 2.34. The number of amides is 3. The second-order valence-corrected chi connectivity index (χ2v) is 6.38. The zero-order valence-corrected chi connectivity index (χ0v) is 14.5. The number of nitrogens with two attached hydrogens (primary N) is 2. The van der Waals surface area contributed by atoms with Gasteiger partial charge in [-0.05, 0) is 30.9 Å². The van der Waals surface area contributed by atoms with E-state index in [1.807, 2.05) is 0 Å². The minimum Gasteiger partial charge on any atom is -0.481 e. The third kappa shape index (κ3) is 3.24. The van der Waals surface area contributed by atoms with Crippen LogP contribution in [0.1, 0.15) is 30.7 Å². The number of ether oxygens (including phenoxy) is 1. The summed E-state index contributed by atoms with van der Waals surface area (Å²) >= 11 is 0. The quantitative estimate of drug-likeness (QED) is 0.759. The Bertz CT molecular complexity index is 916. The van der Waals surface area contributed by atoms with Gasteiger partial charge in [0.1, 0.15) is 11.6 Å². The predicted molar refractivity (Wildman–Crippen MR) is 95.1 cm³/mol. The molecule has 0 bridgehead atoms. The lowest BCUT2D eigenvalue weighted by molar-refractivity contribution is -0.121. The van der Waals surface area contributed by atoms with E-state index in [2.05, 4.69) is 5.92 Å². The summed E-state index contributed by atoms with van der Waals surface area (Å²) in [6.45, 7) is -0.245. The lowest BCUT2D eigenvalue weighted by Gasteiger charge is -2.31. The zero-order chi connectivity index (χ0) is 19.7. The number of carbonyl (C=O) groups is 3. The van der Waals surface area contributed by atoms with Crippen LogP contribution in [0.2, 0.25) is 0 Å². The van der Waals surface area contributed by atoms with Gasteiger partial charge in [-0.15, -0.1) is 6.42 Å². The summed E-state index contributed by atoms with van der Waals surface area (Å²) in [7, 11) is 0. The molecule has 0 fully saturated rings. The molecule has 1 aromatic rings. The Morgan fingerprint density at radius 1 is 1.33 bits per heavy atom. The lowest BCUT2D eigenvalue weighted by atomic mass is 9.77. The van der Waals surface area contributed by atoms with Crippen LogP contribution in [0.15, 0.2) is 23.3 Å². The maximum atomic E-state index is 14.8. The van der Waals surface area contributed by atoms with Gasteiger partial charge in [0.15, 0.2) is 6.61 Å². The third-order valence-electron chi connectivity index (χ3n) is 4.80. The Morgan fingerprint density at radius 3 is 2.70 bits per heavy atom. The van der Waals surface area contributed by atoms with Crippen LogP contribution in [-0.2, 0) is 14.4 Å². The van der Waals surface area contributed by atoms with Crippen molar-refractivity contribution < 1.29 is 23.5 Å². The first-order valence-corrected chi connectivity index (χ1v) is 8.37. The number of hydrogen-bond acceptors (Lipinski definition) is 4. The average molecular weight is 371 g/mol. The van der Waals surface area contributed by atoms with Crippen molar-refractivity contribution >= 4 is 23.4 Å². The molecule has 0 saturated carbocycles. The van der Waals surface area contributed by atoms with Crippen molar-refractivity contribution in [1.29, 1.82) is 0 Å². The first kappa shape index (κ1) is 18.5. The number of carbonyl (C=O) groups excluding carboxylic acids is 3. The Kier molecular flexibility index (Phi) is 4.86. The molecule has 0 radical (unpaired) electrons. The van der Waals surface area contributed by atoms with Gasteiger partial charge in [0.05, 0.1) is 12.2 Å². The Balaban J connectivity index is 2.16. The topological polar surface area (TPSA) is 116 Å². The molecule has 8 heteroatoms. The van der Waals surface area contributed by atoms with Crippen LogP contribution in [0.4, 0.5) is 10.1 Å². The highest BCUT2D eigenvalue weighted by atomic mass is 19.1. The second-order valence-electron chi connectivity index (χ2n) is 6.38. The van der Waals surface area contributed by atoms with Crippen molar-refractivity contribution in [2.45, 2.75) is 25.2 Å². The Labute approximate surface area is 155 Å². The number of anilines is 1. The van der Waals surface area contributed by atoms with E-state index >= 15 is 0 Å². The first-order valence-electron chi connectivity index (χ1n) is 8.37. The van der Waals surface area contributed by atoms with Gasteiger partial charge in [-0.1, -0.05) is 5.92 Å². The molecular weight excluding hydrogens is 353 g/mol. The summed E-state index contributed by atoms with van der Waals surface area (Å²) in [4.78, 5) is 37.1. The van der Waals surface area contributed by atoms with Crippen LogP contribution in [0.25, 0.3) is 0 Å². The van der Waals surface area contributed by atoms with Gasteiger partial charge >= 0.3 is 0 Å². The number of hydrogen-bond donors (Lipinski definition) is 2. The number of rotatable bonds is 4. The van der Waals surface area contributed by atoms with Crippen LogP contribution in [-0.4, -0.2) is 30.9 Å². The van der Waals surface area contributed by atoms with Gasteiger partial charge < -0.3 is 16.2 Å². The van der Waals surface area contributed by atoms with Gasteiger partial charge in [-0.25, -0.2) is 4.39 Å². The van der Waals surface area contributed by atoms with E-state index in [0.29, 0.717) is 24.9 Å². The van der Waals surface area contributed by atoms with E-state index in [1.54, 1.807) is 0 Å². The number of halogens is 1. The van der Waals surface area contributed by atoms with Crippen molar-refractivity contribution in [2.75, 3.05) is 18.1 Å². The molecule has 27 heavy (non-hydrogen) atoms. The van der Waals surface area contributed by atoms with Gasteiger partial charge in [0, 0.05) is 23.1 Å². The van der Waals surface area contributed by atoms with Crippen molar-refractivity contribution in [3.05, 3.63) is 34.7 Å². The molecule has 1 unspecified atom stereocenters. The minimum atomic E-state index is -0.821. The maximum Gasteiger partial charge on any atom is 0.265 e. The van der Waals surface area contributed by atoms with Crippen molar-refractivity contribution in [1.82, 2.24) is 0 Å². The second kappa shape index (κ2) is 7.11. The highest BCUT2D eigenvalue weighted by molar-refractivity contribution is 6.05. The molecule has 1 atom stereocenters. The fourth-order valence-corrected chi connectivity index (χ4v) is 3.63. The normalized spacial score (nSPS) is 19.2. The number of benzene rings is 1. The smallest absolute Gasteiger partial charge is 0.265 e. The molecule has 0 spiro atoms. The van der Waals surface area contributed by atoms with E-state index in [-0.39, 0.29) is 41.5 Å². The highest BCUT2D eigenvalue weighted by Crippen LogP contribution is 2.43. The number of fused-ring (bicyclic) bond motifs is 1. The maximum absolute atomic E-state index is 14.8. The SMILES string of the molecule is C#CCN1C(=O)COc2cc(F)c(C3CCCC(C(N)=O)=C3C(N)=O)cc21. The van der Waals surface area contributed by atoms with Crippen LogP contribution in [0, 0.1) is 18.2 Å². The summed E-state index contributed by atoms with van der Waals surface area (Å²) in [5.41, 5.74) is 11.4. The van der Waals surface area contributed by atoms with Crippen molar-refractivity contribution in [3.8, 4) is 18.1 Å². The summed E-state index contributed by atoms with van der Waals surface area (Å²) < 4.78 is 20.1. The molecule has 1 aromatic carbocycles. The van der Waals surface area contributed by atoms with Crippen molar-refractivity contribution in [3.63, 3.8) is 0 Å². The Hall–Kier alpha value is -3.34. The van der Waals surface area contributed by atoms with Crippen LogP contribution in [0.3, 0.4) is 0 Å². The van der Waals surface area contributed by atoms with E-state index in [9.17, 15) is 18.8 Å². The standard InChI is InChI=1S/C19H18FN3O4/c1-2-6-23-14-7-12(13(20)8-15(14)27-9-16(23)24)10-4-3-5-11(18(21)25)17(10)19(22)26/h1,7-8,10H,3-6,9H2,(H2,21,25)(H2,22,26). The Morgan fingerprint density at radius 2 is 2.07 bits per heavy atom. The fraction of sp³-hybridized carbons (Fsp3) is 0.316. The molecule has 2 aliphatic rings. The summed E-state index contributed by atoms with van der Waals surface area (Å²) in [5.74, 6) is -0.732. The third-order valence-corrected chi connectivity index (χ3v) is 4.80. The molecule has 1 aliphatic heterocycles. The van der Waals surface area contributed by atoms with Crippen LogP contribution < -0.4 is 21.1 Å². The van der Waals surface area contributed by atoms with Gasteiger partial charge in [-0.2, -0.15) is 0 Å². The molecule has 0 saturated heterocycles. The van der Waals surface area contributed by atoms with E-state index in [1.165, 1.54) is 11.0 Å². The fourth-order valence-electron chi connectivity index (χ4n) is 3.63. The van der Waals surface area contributed by atoms with E-state index in [4.69, 9.17) is 22.6 Å². The first-order chi connectivity index (χ1) is 12.8. The molecular formula is C19H18FN3O4. The summed E-state index contributed by atoms with van der Waals surface area (Å²) in [6.07, 6.45) is 6.58. The van der Waals surface area contributed by atoms with E-state index in [0.717, 1.165) is 6.07 Å². The van der Waals surface area contributed by atoms with Gasteiger partial charge in [0.2, 0.25) is 11.8 Å². The summed E-state index contributed by atoms with van der Waals surface area (Å²) in [6, 6.07) is 2.58. The summed E-state index contributed by atoms with van der Waals surface area (Å²) in [5, 5.41) is 0. The number of primary amides is 2. The predicted octanol–water partition coefficient (Wildman–Crippen LogP) is 0.719. The zero-order valence-electron chi connectivity index (χ0n) is 14.5. The molecule has 140 valence electrons. The van der Waals surface area contributed by atoms with Gasteiger partial charge in [-0.3, -0.25) is 19.3 Å².